The van der Waals surface area contributed by atoms with Crippen molar-refractivity contribution in [2.45, 2.75) is 78.1 Å². The average molecular weight is 276 g/mol. The first kappa shape index (κ1) is 18.9. The molecule has 0 rings (SSSR count). The molecule has 0 bridgehead atoms. The second-order valence-corrected chi connectivity index (χ2v) is 5.33. The molecule has 0 aliphatic carbocycles. The number of hydrogen-bond acceptors (Lipinski definition) is 1. The van der Waals surface area contributed by atoms with Gasteiger partial charge in [-0.05, 0) is 45.4 Å². The molecule has 0 spiro atoms. The van der Waals surface area contributed by atoms with Crippen LogP contribution in [0.5, 0.6) is 0 Å². The summed E-state index contributed by atoms with van der Waals surface area (Å²) in [5.74, 6) is 0.314. The number of carbonyl (C=O) groups is 1. The molecule has 0 radical (unpaired) electrons. The second-order valence-electron chi connectivity index (χ2n) is 5.33. The van der Waals surface area contributed by atoms with E-state index in [1.165, 1.54) is 32.1 Å². The van der Waals surface area contributed by atoms with E-state index in [2.05, 4.69) is 43.4 Å². The summed E-state index contributed by atoms with van der Waals surface area (Å²) in [6, 6.07) is 0. The molecule has 0 N–H and O–H groups in total. The van der Waals surface area contributed by atoms with Gasteiger partial charge in [0.05, 0.1) is 0 Å². The van der Waals surface area contributed by atoms with Crippen LogP contribution >= 0.6 is 0 Å². The van der Waals surface area contributed by atoms with E-state index in [1.54, 1.807) is 6.92 Å². The largest absolute Gasteiger partial charge is 0.300 e. The molecule has 1 heteroatoms. The Labute approximate surface area is 125 Å². The van der Waals surface area contributed by atoms with Crippen LogP contribution in [0.1, 0.15) is 78.1 Å². The summed E-state index contributed by atoms with van der Waals surface area (Å²) in [5, 5.41) is 0. The molecule has 0 aliphatic rings. The van der Waals surface area contributed by atoms with Crippen molar-refractivity contribution in [3.63, 3.8) is 0 Å². The molecule has 0 atom stereocenters. The van der Waals surface area contributed by atoms with Gasteiger partial charge in [0.15, 0.2) is 0 Å². The third-order valence-corrected chi connectivity index (χ3v) is 3.17. The highest BCUT2D eigenvalue weighted by Crippen LogP contribution is 2.04. The lowest BCUT2D eigenvalue weighted by Gasteiger charge is -1.95. The van der Waals surface area contributed by atoms with Crippen molar-refractivity contribution >= 4 is 5.78 Å². The topological polar surface area (TPSA) is 17.1 Å². The molecule has 0 amide bonds. The summed E-state index contributed by atoms with van der Waals surface area (Å²) < 4.78 is 0. The molecule has 0 unspecified atom stereocenters. The van der Waals surface area contributed by atoms with Crippen LogP contribution in [0.3, 0.4) is 0 Å². The molecule has 0 saturated carbocycles. The van der Waals surface area contributed by atoms with E-state index in [0.717, 1.165) is 32.1 Å². The highest BCUT2D eigenvalue weighted by Gasteiger charge is 1.92. The first-order valence-corrected chi connectivity index (χ1v) is 8.21. The van der Waals surface area contributed by atoms with Crippen LogP contribution in [0.25, 0.3) is 0 Å². The van der Waals surface area contributed by atoms with Crippen LogP contribution in [0.2, 0.25) is 0 Å². The number of unbranched alkanes of at least 4 members (excludes halogenated alkanes) is 5. The van der Waals surface area contributed by atoms with Gasteiger partial charge >= 0.3 is 0 Å². The summed E-state index contributed by atoms with van der Waals surface area (Å²) in [4.78, 5) is 10.8. The molecule has 0 fully saturated rings. The summed E-state index contributed by atoms with van der Waals surface area (Å²) in [7, 11) is 0. The Morgan fingerprint density at radius 2 is 1.30 bits per heavy atom. The number of ketones is 1. The predicted molar refractivity (Wildman–Crippen MR) is 89.9 cm³/mol. The molecule has 0 aliphatic heterocycles. The summed E-state index contributed by atoms with van der Waals surface area (Å²) >= 11 is 0. The number of rotatable bonds is 13. The first-order valence-electron chi connectivity index (χ1n) is 8.21. The number of hydrogen-bond donors (Lipinski definition) is 0. The maximum Gasteiger partial charge on any atom is 0.129 e. The van der Waals surface area contributed by atoms with Gasteiger partial charge in [0, 0.05) is 6.42 Å². The minimum Gasteiger partial charge on any atom is -0.300 e. The number of carbonyl (C=O) groups excluding carboxylic acids is 1. The Kier molecular flexibility index (Phi) is 15.1. The molecule has 1 nitrogen and oxygen atoms in total. The van der Waals surface area contributed by atoms with Crippen LogP contribution in [0, 0.1) is 0 Å². The van der Waals surface area contributed by atoms with Gasteiger partial charge in [-0.2, -0.15) is 0 Å². The van der Waals surface area contributed by atoms with Crippen molar-refractivity contribution in [3.8, 4) is 0 Å². The zero-order chi connectivity index (χ0) is 14.9. The maximum absolute atomic E-state index is 10.8. The first-order chi connectivity index (χ1) is 9.77. The highest BCUT2D eigenvalue weighted by molar-refractivity contribution is 5.75. The van der Waals surface area contributed by atoms with E-state index >= 15 is 0 Å². The van der Waals surface area contributed by atoms with Crippen LogP contribution < -0.4 is 0 Å². The van der Waals surface area contributed by atoms with Gasteiger partial charge in [0.2, 0.25) is 0 Å². The number of allylic oxidation sites excluding steroid dienone is 6. The smallest absolute Gasteiger partial charge is 0.129 e. The van der Waals surface area contributed by atoms with Gasteiger partial charge in [-0.25, -0.2) is 0 Å². The standard InChI is InChI=1S/C19H32O/c1-3-4-5-6-7-8-9-10-11-12-13-14-15-16-17-18-19(2)20/h6-7,9-10,12-13H,3-5,8,11,14-18H2,1-2H3/b7-6-,10-9-,13-12-. The quantitative estimate of drug-likeness (QED) is 0.290. The molecule has 114 valence electrons. The predicted octanol–water partition coefficient (Wildman–Crippen LogP) is 6.16. The Morgan fingerprint density at radius 1 is 0.750 bits per heavy atom. The van der Waals surface area contributed by atoms with Crippen molar-refractivity contribution < 1.29 is 4.79 Å². The minimum atomic E-state index is 0.314. The molecule has 0 aromatic carbocycles. The van der Waals surface area contributed by atoms with Gasteiger partial charge in [-0.1, -0.05) is 62.6 Å². The van der Waals surface area contributed by atoms with Gasteiger partial charge in [-0.3, -0.25) is 0 Å². The fraction of sp³-hybridized carbons (Fsp3) is 0.632. The highest BCUT2D eigenvalue weighted by atomic mass is 16.1. The Morgan fingerprint density at radius 3 is 1.85 bits per heavy atom. The van der Waals surface area contributed by atoms with E-state index in [9.17, 15) is 4.79 Å². The molecule has 0 aromatic heterocycles. The zero-order valence-corrected chi connectivity index (χ0v) is 13.4. The van der Waals surface area contributed by atoms with Crippen molar-refractivity contribution in [1.29, 1.82) is 0 Å². The fourth-order valence-corrected chi connectivity index (χ4v) is 1.91. The molecule has 0 aromatic rings. The summed E-state index contributed by atoms with van der Waals surface area (Å²) in [6.07, 6.45) is 24.7. The van der Waals surface area contributed by atoms with Crippen molar-refractivity contribution in [2.24, 2.45) is 0 Å². The Bertz CT molecular complexity index is 297. The van der Waals surface area contributed by atoms with Crippen LogP contribution in [0.4, 0.5) is 0 Å². The monoisotopic (exact) mass is 276 g/mol. The molecular formula is C19H32O. The van der Waals surface area contributed by atoms with Crippen LogP contribution in [0.15, 0.2) is 36.5 Å². The summed E-state index contributed by atoms with van der Waals surface area (Å²) in [5.41, 5.74) is 0. The van der Waals surface area contributed by atoms with Crippen LogP contribution in [-0.2, 0) is 4.79 Å². The zero-order valence-electron chi connectivity index (χ0n) is 13.4. The van der Waals surface area contributed by atoms with E-state index in [1.807, 2.05) is 0 Å². The van der Waals surface area contributed by atoms with Crippen LogP contribution in [-0.4, -0.2) is 5.78 Å². The van der Waals surface area contributed by atoms with Crippen molar-refractivity contribution in [2.75, 3.05) is 0 Å². The summed E-state index contributed by atoms with van der Waals surface area (Å²) in [6.45, 7) is 3.90. The van der Waals surface area contributed by atoms with Crippen molar-refractivity contribution in [3.05, 3.63) is 36.5 Å². The van der Waals surface area contributed by atoms with Gasteiger partial charge < -0.3 is 4.79 Å². The number of Topliss-reactive ketones (excluding diaryl/α,β-unsaturated/α-hetero) is 1. The van der Waals surface area contributed by atoms with Gasteiger partial charge in [0.1, 0.15) is 5.78 Å². The normalized spacial score (nSPS) is 12.1. The lowest BCUT2D eigenvalue weighted by atomic mass is 10.1. The molecular weight excluding hydrogens is 244 g/mol. The lowest BCUT2D eigenvalue weighted by molar-refractivity contribution is -0.117. The van der Waals surface area contributed by atoms with Crippen molar-refractivity contribution in [1.82, 2.24) is 0 Å². The van der Waals surface area contributed by atoms with Gasteiger partial charge in [0.25, 0.3) is 0 Å². The molecule has 0 saturated heterocycles. The third-order valence-electron chi connectivity index (χ3n) is 3.17. The second kappa shape index (κ2) is 15.9. The minimum absolute atomic E-state index is 0.314. The van der Waals surface area contributed by atoms with E-state index < -0.39 is 0 Å². The maximum atomic E-state index is 10.8. The Hall–Kier alpha value is -1.11. The molecule has 20 heavy (non-hydrogen) atoms. The van der Waals surface area contributed by atoms with E-state index in [4.69, 9.17) is 0 Å². The molecule has 0 heterocycles. The Balaban J connectivity index is 3.30. The van der Waals surface area contributed by atoms with Gasteiger partial charge in [-0.15, -0.1) is 0 Å². The average Bonchev–Trinajstić information content (AvgIpc) is 2.43. The SMILES string of the molecule is CCCC/C=C\C/C=C\C/C=C\CCCCCC(C)=O. The fourth-order valence-electron chi connectivity index (χ4n) is 1.91. The van der Waals surface area contributed by atoms with E-state index in [-0.39, 0.29) is 0 Å². The lowest BCUT2D eigenvalue weighted by Crippen LogP contribution is -1.88. The third kappa shape index (κ3) is 16.9. The van der Waals surface area contributed by atoms with E-state index in [0.29, 0.717) is 5.78 Å².